The molecule has 0 amide bonds. The predicted molar refractivity (Wildman–Crippen MR) is 170 cm³/mol. The summed E-state index contributed by atoms with van der Waals surface area (Å²) in [6.45, 7) is 4.99. The van der Waals surface area contributed by atoms with Crippen molar-refractivity contribution in [3.63, 3.8) is 0 Å². The number of rotatable bonds is 8. The number of ether oxygens (including phenoxy) is 3. The minimum absolute atomic E-state index is 0.0450. The van der Waals surface area contributed by atoms with Crippen molar-refractivity contribution in [2.75, 3.05) is 26.4 Å². The summed E-state index contributed by atoms with van der Waals surface area (Å²) in [7, 11) is 0. The number of aliphatic hydroxyl groups is 2. The summed E-state index contributed by atoms with van der Waals surface area (Å²) in [5, 5.41) is 20.7. The summed E-state index contributed by atoms with van der Waals surface area (Å²) in [5.74, 6) is 2.23. The SMILES string of the molecule is CC1(C)c2ccccc2-c2c1c1c(c3ccccc23)OC(c2ccc(OCCO)cc2)(c2ccc(OCCO)cc2)C=C1. The van der Waals surface area contributed by atoms with Crippen molar-refractivity contribution in [2.45, 2.75) is 24.9 Å². The van der Waals surface area contributed by atoms with Gasteiger partial charge in [-0.15, -0.1) is 0 Å². The number of fused-ring (bicyclic) bond motifs is 8. The Kier molecular flexibility index (Phi) is 6.72. The lowest BCUT2D eigenvalue weighted by Gasteiger charge is -2.38. The third kappa shape index (κ3) is 4.31. The Bertz CT molecular complexity index is 1780. The maximum atomic E-state index is 9.21. The Morgan fingerprint density at radius 3 is 1.84 bits per heavy atom. The first-order chi connectivity index (χ1) is 21.0. The van der Waals surface area contributed by atoms with Crippen molar-refractivity contribution >= 4 is 16.8 Å². The van der Waals surface area contributed by atoms with Crippen LogP contribution in [0.1, 0.15) is 41.7 Å². The van der Waals surface area contributed by atoms with Crippen molar-refractivity contribution < 1.29 is 24.4 Å². The van der Waals surface area contributed by atoms with Gasteiger partial charge in [-0.3, -0.25) is 0 Å². The van der Waals surface area contributed by atoms with Gasteiger partial charge in [0.15, 0.2) is 5.60 Å². The van der Waals surface area contributed by atoms with Crippen molar-refractivity contribution in [1.82, 2.24) is 0 Å². The molecule has 2 N–H and O–H groups in total. The monoisotopic (exact) mass is 570 g/mol. The number of hydrogen-bond donors (Lipinski definition) is 2. The molecule has 5 nitrogen and oxygen atoms in total. The van der Waals surface area contributed by atoms with Gasteiger partial charge in [0.1, 0.15) is 30.5 Å². The van der Waals surface area contributed by atoms with Gasteiger partial charge >= 0.3 is 0 Å². The van der Waals surface area contributed by atoms with Crippen molar-refractivity contribution in [1.29, 1.82) is 0 Å². The normalized spacial score (nSPS) is 15.3. The quantitative estimate of drug-likeness (QED) is 0.206. The van der Waals surface area contributed by atoms with Gasteiger partial charge in [0, 0.05) is 27.5 Å². The number of benzene rings is 5. The van der Waals surface area contributed by atoms with Crippen LogP contribution < -0.4 is 14.2 Å². The van der Waals surface area contributed by atoms with E-state index in [4.69, 9.17) is 14.2 Å². The van der Waals surface area contributed by atoms with Gasteiger partial charge in [-0.25, -0.2) is 0 Å². The van der Waals surface area contributed by atoms with Gasteiger partial charge in [0.2, 0.25) is 0 Å². The van der Waals surface area contributed by atoms with Gasteiger partial charge in [-0.2, -0.15) is 0 Å². The van der Waals surface area contributed by atoms with E-state index in [2.05, 4.69) is 74.5 Å². The molecule has 43 heavy (non-hydrogen) atoms. The molecule has 2 aliphatic rings. The molecule has 0 atom stereocenters. The second-order valence-corrected chi connectivity index (χ2v) is 11.6. The van der Waals surface area contributed by atoms with Crippen molar-refractivity contribution in [3.8, 4) is 28.4 Å². The zero-order valence-corrected chi connectivity index (χ0v) is 24.3. The van der Waals surface area contributed by atoms with Crippen LogP contribution >= 0.6 is 0 Å². The van der Waals surface area contributed by atoms with E-state index in [9.17, 15) is 10.2 Å². The highest BCUT2D eigenvalue weighted by molar-refractivity contribution is 6.08. The number of hydrogen-bond acceptors (Lipinski definition) is 5. The van der Waals surface area contributed by atoms with Crippen LogP contribution in [0.5, 0.6) is 17.2 Å². The van der Waals surface area contributed by atoms with E-state index < -0.39 is 5.60 Å². The van der Waals surface area contributed by atoms with Crippen LogP contribution in [0, 0.1) is 0 Å². The molecule has 5 heteroatoms. The zero-order valence-electron chi connectivity index (χ0n) is 24.3. The molecule has 0 fully saturated rings. The Labute approximate surface area is 251 Å². The lowest BCUT2D eigenvalue weighted by molar-refractivity contribution is 0.162. The van der Waals surface area contributed by atoms with Crippen LogP contribution in [0.4, 0.5) is 0 Å². The highest BCUT2D eigenvalue weighted by Crippen LogP contribution is 2.58. The summed E-state index contributed by atoms with van der Waals surface area (Å²) in [4.78, 5) is 0. The first-order valence-electron chi connectivity index (χ1n) is 14.7. The van der Waals surface area contributed by atoms with Gasteiger partial charge in [-0.1, -0.05) is 92.7 Å². The van der Waals surface area contributed by atoms with Crippen LogP contribution in [-0.4, -0.2) is 36.6 Å². The predicted octanol–water partition coefficient (Wildman–Crippen LogP) is 7.24. The van der Waals surface area contributed by atoms with E-state index in [0.29, 0.717) is 11.5 Å². The molecule has 1 heterocycles. The van der Waals surface area contributed by atoms with E-state index in [1.807, 2.05) is 48.5 Å². The standard InChI is InChI=1S/C38H34O5/c1-37(2)33-10-6-5-9-31(33)34-29-7-3-4-8-30(29)36-32(35(34)37)19-20-38(43-36,25-11-15-27(16-12-25)41-23-21-39)26-13-17-28(18-14-26)42-24-22-40/h3-20,39-40H,21-24H2,1-2H3. The summed E-state index contributed by atoms with van der Waals surface area (Å²) in [6.07, 6.45) is 4.40. The average Bonchev–Trinajstić information content (AvgIpc) is 3.30. The fourth-order valence-corrected chi connectivity index (χ4v) is 6.80. The average molecular weight is 571 g/mol. The molecule has 5 aromatic rings. The third-order valence-electron chi connectivity index (χ3n) is 8.73. The largest absolute Gasteiger partial charge is 0.491 e. The lowest BCUT2D eigenvalue weighted by atomic mass is 9.77. The van der Waals surface area contributed by atoms with E-state index in [0.717, 1.165) is 27.8 Å². The van der Waals surface area contributed by atoms with Crippen LogP contribution in [0.2, 0.25) is 0 Å². The highest BCUT2D eigenvalue weighted by atomic mass is 16.5. The van der Waals surface area contributed by atoms with Crippen LogP contribution in [0.3, 0.4) is 0 Å². The maximum Gasteiger partial charge on any atom is 0.178 e. The van der Waals surface area contributed by atoms with Gasteiger partial charge in [0.25, 0.3) is 0 Å². The molecule has 0 saturated heterocycles. The van der Waals surface area contributed by atoms with Crippen molar-refractivity contribution in [2.24, 2.45) is 0 Å². The highest BCUT2D eigenvalue weighted by Gasteiger charge is 2.44. The second kappa shape index (κ2) is 10.6. The molecule has 1 aliphatic carbocycles. The smallest absolute Gasteiger partial charge is 0.178 e. The van der Waals surface area contributed by atoms with E-state index in [1.165, 1.54) is 27.6 Å². The Balaban J connectivity index is 1.44. The van der Waals surface area contributed by atoms with Gasteiger partial charge in [-0.05, 0) is 58.0 Å². The van der Waals surface area contributed by atoms with Crippen molar-refractivity contribution in [3.05, 3.63) is 131 Å². The minimum Gasteiger partial charge on any atom is -0.491 e. The summed E-state index contributed by atoms with van der Waals surface area (Å²) in [5.41, 5.74) is 7.05. The Hall–Kier alpha value is -4.58. The van der Waals surface area contributed by atoms with Crippen LogP contribution in [0.15, 0.2) is 103 Å². The third-order valence-corrected chi connectivity index (χ3v) is 8.73. The first-order valence-corrected chi connectivity index (χ1v) is 14.7. The molecular weight excluding hydrogens is 536 g/mol. The lowest BCUT2D eigenvalue weighted by Crippen LogP contribution is -2.35. The molecule has 0 bridgehead atoms. The van der Waals surface area contributed by atoms with Gasteiger partial charge in [0.05, 0.1) is 13.2 Å². The van der Waals surface area contributed by atoms with Crippen LogP contribution in [-0.2, 0) is 11.0 Å². The molecule has 0 aromatic heterocycles. The molecule has 1 aliphatic heterocycles. The fourth-order valence-electron chi connectivity index (χ4n) is 6.80. The molecule has 0 spiro atoms. The Morgan fingerprint density at radius 1 is 0.674 bits per heavy atom. The minimum atomic E-state index is -0.926. The molecule has 5 aromatic carbocycles. The maximum absolute atomic E-state index is 9.21. The zero-order chi connectivity index (χ0) is 29.6. The Morgan fingerprint density at radius 2 is 1.23 bits per heavy atom. The molecule has 0 saturated carbocycles. The molecule has 0 unspecified atom stereocenters. The van der Waals surface area contributed by atoms with E-state index in [-0.39, 0.29) is 31.8 Å². The number of aliphatic hydroxyl groups excluding tert-OH is 2. The topological polar surface area (TPSA) is 68.2 Å². The molecule has 7 rings (SSSR count). The molecule has 0 radical (unpaired) electrons. The second-order valence-electron chi connectivity index (χ2n) is 11.6. The first kappa shape index (κ1) is 27.3. The van der Waals surface area contributed by atoms with Gasteiger partial charge < -0.3 is 24.4 Å². The summed E-state index contributed by atoms with van der Waals surface area (Å²) >= 11 is 0. The van der Waals surface area contributed by atoms with Crippen LogP contribution in [0.25, 0.3) is 28.0 Å². The summed E-state index contributed by atoms with van der Waals surface area (Å²) in [6, 6.07) is 33.0. The fraction of sp³-hybridized carbons (Fsp3) is 0.211. The van der Waals surface area contributed by atoms with E-state index in [1.54, 1.807) is 0 Å². The van der Waals surface area contributed by atoms with E-state index >= 15 is 0 Å². The molecule has 216 valence electrons. The molecular formula is C38H34O5. The summed E-state index contributed by atoms with van der Waals surface area (Å²) < 4.78 is 18.6.